The number of hydrogen-bond acceptors (Lipinski definition) is 6. The minimum absolute atomic E-state index is 0.410. The topological polar surface area (TPSA) is 74.6 Å². The molecule has 1 fully saturated rings. The van der Waals surface area contributed by atoms with Gasteiger partial charge in [-0.25, -0.2) is 4.52 Å². The minimum atomic E-state index is 0.410. The smallest absolute Gasteiger partial charge is 0.143 e. The van der Waals surface area contributed by atoms with Gasteiger partial charge in [0.05, 0.1) is 40.9 Å². The molecule has 1 saturated heterocycles. The number of anilines is 1. The molecule has 8 nitrogen and oxygen atoms in total. The van der Waals surface area contributed by atoms with E-state index in [-0.39, 0.29) is 0 Å². The lowest BCUT2D eigenvalue weighted by atomic mass is 10.0. The highest BCUT2D eigenvalue weighted by molar-refractivity contribution is 5.96. The van der Waals surface area contributed by atoms with Crippen molar-refractivity contribution < 1.29 is 4.74 Å². The van der Waals surface area contributed by atoms with Gasteiger partial charge in [-0.05, 0) is 37.4 Å². The van der Waals surface area contributed by atoms with Gasteiger partial charge in [-0.1, -0.05) is 12.1 Å². The number of H-pyrrole nitrogens is 1. The fourth-order valence-corrected chi connectivity index (χ4v) is 5.09. The molecule has 0 bridgehead atoms. The number of likely N-dealkylation sites (N-methyl/N-ethyl adjacent to an activating group) is 1. The molecule has 2 aliphatic rings. The van der Waals surface area contributed by atoms with E-state index in [0.717, 1.165) is 64.3 Å². The SMILES string of the molecule is CN1CCN2c3ccc(-c4n[nH]c5cnc(-c6cnn7ccccc67)cc45)cc3OCC2C1. The summed E-state index contributed by atoms with van der Waals surface area (Å²) in [4.78, 5) is 9.52. The van der Waals surface area contributed by atoms with Crippen molar-refractivity contribution in [2.24, 2.45) is 0 Å². The Balaban J connectivity index is 1.30. The van der Waals surface area contributed by atoms with E-state index in [1.165, 1.54) is 5.69 Å². The molecule has 7 rings (SSSR count). The van der Waals surface area contributed by atoms with Crippen molar-refractivity contribution in [1.82, 2.24) is 29.7 Å². The Labute approximate surface area is 190 Å². The molecule has 1 unspecified atom stereocenters. The number of nitrogens with zero attached hydrogens (tertiary/aromatic N) is 6. The highest BCUT2D eigenvalue weighted by Gasteiger charge is 2.32. The standard InChI is InChI=1S/C25H23N7O/c1-30-8-9-31-17(14-30)15-33-24-10-16(5-6-23(24)31)25-18-11-20(26-13-21(18)28-29-25)19-12-27-32-7-3-2-4-22(19)32/h2-7,10-13,17H,8-9,14-15H2,1H3,(H,28,29). The number of ether oxygens (including phenoxy) is 1. The maximum atomic E-state index is 6.19. The van der Waals surface area contributed by atoms with Crippen LogP contribution in [0, 0.1) is 0 Å². The van der Waals surface area contributed by atoms with Crippen LogP contribution in [0.15, 0.2) is 61.1 Å². The lowest BCUT2D eigenvalue weighted by Gasteiger charge is -2.44. The van der Waals surface area contributed by atoms with Crippen molar-refractivity contribution in [2.75, 3.05) is 38.2 Å². The Hall–Kier alpha value is -3.91. The van der Waals surface area contributed by atoms with Crippen LogP contribution >= 0.6 is 0 Å². The van der Waals surface area contributed by atoms with Crippen LogP contribution in [0.4, 0.5) is 5.69 Å². The molecule has 2 aliphatic heterocycles. The van der Waals surface area contributed by atoms with E-state index in [0.29, 0.717) is 12.6 Å². The number of benzene rings is 1. The summed E-state index contributed by atoms with van der Waals surface area (Å²) in [6, 6.07) is 15.0. The molecule has 4 aromatic heterocycles. The zero-order valence-corrected chi connectivity index (χ0v) is 18.3. The van der Waals surface area contributed by atoms with Crippen molar-refractivity contribution in [3.8, 4) is 28.3 Å². The first-order valence-corrected chi connectivity index (χ1v) is 11.2. The lowest BCUT2D eigenvalue weighted by molar-refractivity contribution is 0.188. The predicted molar refractivity (Wildman–Crippen MR) is 128 cm³/mol. The summed E-state index contributed by atoms with van der Waals surface area (Å²) in [5.41, 5.74) is 6.92. The molecule has 0 aliphatic carbocycles. The van der Waals surface area contributed by atoms with Crippen molar-refractivity contribution in [3.05, 3.63) is 61.1 Å². The summed E-state index contributed by atoms with van der Waals surface area (Å²) in [5.74, 6) is 0.932. The number of aromatic amines is 1. The molecule has 5 aromatic rings. The van der Waals surface area contributed by atoms with Crippen molar-refractivity contribution >= 4 is 22.1 Å². The van der Waals surface area contributed by atoms with Gasteiger partial charge in [0.25, 0.3) is 0 Å². The molecule has 0 amide bonds. The van der Waals surface area contributed by atoms with Gasteiger partial charge in [-0.3, -0.25) is 10.1 Å². The summed E-state index contributed by atoms with van der Waals surface area (Å²) >= 11 is 0. The van der Waals surface area contributed by atoms with Gasteiger partial charge in [0.15, 0.2) is 0 Å². The van der Waals surface area contributed by atoms with Crippen molar-refractivity contribution in [2.45, 2.75) is 6.04 Å². The fraction of sp³-hybridized carbons (Fsp3) is 0.240. The second-order valence-corrected chi connectivity index (χ2v) is 8.88. The Morgan fingerprint density at radius 1 is 1.09 bits per heavy atom. The first kappa shape index (κ1) is 18.6. The molecule has 1 atom stereocenters. The van der Waals surface area contributed by atoms with E-state index in [1.807, 2.05) is 35.2 Å². The summed E-state index contributed by atoms with van der Waals surface area (Å²) in [5, 5.41) is 13.3. The van der Waals surface area contributed by atoms with Crippen LogP contribution in [0.1, 0.15) is 0 Å². The van der Waals surface area contributed by atoms with Gasteiger partial charge in [0.2, 0.25) is 0 Å². The lowest BCUT2D eigenvalue weighted by Crippen LogP contribution is -2.56. The number of pyridine rings is 2. The van der Waals surface area contributed by atoms with Gasteiger partial charge in [-0.15, -0.1) is 0 Å². The van der Waals surface area contributed by atoms with E-state index < -0.39 is 0 Å². The maximum Gasteiger partial charge on any atom is 0.143 e. The maximum absolute atomic E-state index is 6.19. The Bertz CT molecular complexity index is 1500. The Morgan fingerprint density at radius 2 is 2.06 bits per heavy atom. The summed E-state index contributed by atoms with van der Waals surface area (Å²) in [7, 11) is 2.18. The third kappa shape index (κ3) is 2.91. The Morgan fingerprint density at radius 3 is 3.03 bits per heavy atom. The average Bonchev–Trinajstić information content (AvgIpc) is 3.47. The Kier molecular flexibility index (Phi) is 3.98. The monoisotopic (exact) mass is 437 g/mol. The van der Waals surface area contributed by atoms with Gasteiger partial charge in [0.1, 0.15) is 18.1 Å². The van der Waals surface area contributed by atoms with E-state index in [9.17, 15) is 0 Å². The largest absolute Gasteiger partial charge is 0.489 e. The van der Waals surface area contributed by atoms with Crippen LogP contribution in [0.25, 0.3) is 38.9 Å². The summed E-state index contributed by atoms with van der Waals surface area (Å²) < 4.78 is 8.06. The van der Waals surface area contributed by atoms with E-state index in [1.54, 1.807) is 0 Å². The highest BCUT2D eigenvalue weighted by Crippen LogP contribution is 2.39. The average molecular weight is 438 g/mol. The molecule has 0 saturated carbocycles. The number of rotatable bonds is 2. The number of nitrogens with one attached hydrogen (secondary N) is 1. The third-order valence-electron chi connectivity index (χ3n) is 6.81. The highest BCUT2D eigenvalue weighted by atomic mass is 16.5. The molecular formula is C25H23N7O. The van der Waals surface area contributed by atoms with Crippen LogP contribution in [0.3, 0.4) is 0 Å². The zero-order valence-electron chi connectivity index (χ0n) is 18.3. The summed E-state index contributed by atoms with van der Waals surface area (Å²) in [6.45, 7) is 3.84. The van der Waals surface area contributed by atoms with Crippen molar-refractivity contribution in [1.29, 1.82) is 0 Å². The summed E-state index contributed by atoms with van der Waals surface area (Å²) in [6.07, 6.45) is 5.65. The second-order valence-electron chi connectivity index (χ2n) is 8.88. The van der Waals surface area contributed by atoms with Gasteiger partial charge in [-0.2, -0.15) is 10.2 Å². The minimum Gasteiger partial charge on any atom is -0.489 e. The van der Waals surface area contributed by atoms with Crippen LogP contribution in [-0.2, 0) is 0 Å². The van der Waals surface area contributed by atoms with Gasteiger partial charge >= 0.3 is 0 Å². The normalized spacial score (nSPS) is 18.3. The number of aromatic nitrogens is 5. The van der Waals surface area contributed by atoms with Crippen LogP contribution in [0.2, 0.25) is 0 Å². The molecule has 33 heavy (non-hydrogen) atoms. The fourth-order valence-electron chi connectivity index (χ4n) is 5.09. The second kappa shape index (κ2) is 7.05. The van der Waals surface area contributed by atoms with E-state index in [2.05, 4.69) is 67.5 Å². The molecular weight excluding hydrogens is 414 g/mol. The molecule has 1 N–H and O–H groups in total. The molecule has 0 spiro atoms. The first-order valence-electron chi connectivity index (χ1n) is 11.2. The molecule has 1 aromatic carbocycles. The number of hydrogen-bond donors (Lipinski definition) is 1. The zero-order chi connectivity index (χ0) is 21.9. The molecule has 6 heterocycles. The van der Waals surface area contributed by atoms with Gasteiger partial charge < -0.3 is 14.5 Å². The van der Waals surface area contributed by atoms with E-state index in [4.69, 9.17) is 4.74 Å². The van der Waals surface area contributed by atoms with Crippen LogP contribution in [-0.4, -0.2) is 69.0 Å². The molecule has 164 valence electrons. The quantitative estimate of drug-likeness (QED) is 0.456. The third-order valence-corrected chi connectivity index (χ3v) is 6.81. The van der Waals surface area contributed by atoms with Gasteiger partial charge in [0, 0.05) is 42.3 Å². The molecule has 8 heteroatoms. The van der Waals surface area contributed by atoms with Crippen LogP contribution in [0.5, 0.6) is 5.75 Å². The predicted octanol–water partition coefficient (Wildman–Crippen LogP) is 3.45. The van der Waals surface area contributed by atoms with Crippen molar-refractivity contribution in [3.63, 3.8) is 0 Å². The van der Waals surface area contributed by atoms with Crippen LogP contribution < -0.4 is 9.64 Å². The first-order chi connectivity index (χ1) is 16.2. The van der Waals surface area contributed by atoms with E-state index >= 15 is 0 Å². The molecule has 0 radical (unpaired) electrons. The number of fused-ring (bicyclic) bond motifs is 5. The number of piperazine rings is 1.